The lowest BCUT2D eigenvalue weighted by molar-refractivity contribution is -0.384. The van der Waals surface area contributed by atoms with Crippen LogP contribution in [-0.2, 0) is 4.74 Å². The molecule has 110 valence electrons. The second kappa shape index (κ2) is 5.71. The SMILES string of the molecule is C[C@H]1O[C@@H](Oc2ccc([N+](=O)[O-])cc2)[C@H](O)[C@@H](O)[C@@H]1O. The van der Waals surface area contributed by atoms with E-state index in [1.54, 1.807) is 0 Å². The van der Waals surface area contributed by atoms with Gasteiger partial charge < -0.3 is 24.8 Å². The predicted octanol–water partition coefficient (Wildman–Crippen LogP) is -0.199. The topological polar surface area (TPSA) is 122 Å². The van der Waals surface area contributed by atoms with Crippen LogP contribution in [0.25, 0.3) is 0 Å². The van der Waals surface area contributed by atoms with E-state index < -0.39 is 35.6 Å². The van der Waals surface area contributed by atoms with Crippen LogP contribution in [0, 0.1) is 10.1 Å². The minimum Gasteiger partial charge on any atom is -0.462 e. The first-order chi connectivity index (χ1) is 9.40. The predicted molar refractivity (Wildman–Crippen MR) is 66.1 cm³/mol. The molecule has 1 aromatic rings. The molecule has 1 aliphatic heterocycles. The second-order valence-corrected chi connectivity index (χ2v) is 4.55. The van der Waals surface area contributed by atoms with Crippen LogP contribution in [0.4, 0.5) is 5.69 Å². The van der Waals surface area contributed by atoms with Gasteiger partial charge in [-0.25, -0.2) is 0 Å². The molecule has 20 heavy (non-hydrogen) atoms. The molecule has 8 heteroatoms. The molecule has 1 aliphatic rings. The van der Waals surface area contributed by atoms with Crippen molar-refractivity contribution < 1.29 is 29.7 Å². The Balaban J connectivity index is 2.07. The lowest BCUT2D eigenvalue weighted by atomic mass is 10.00. The van der Waals surface area contributed by atoms with Gasteiger partial charge in [0.2, 0.25) is 6.29 Å². The number of non-ortho nitro benzene ring substituents is 1. The minimum absolute atomic E-state index is 0.0914. The molecule has 1 fully saturated rings. The number of benzene rings is 1. The monoisotopic (exact) mass is 285 g/mol. The summed E-state index contributed by atoms with van der Waals surface area (Å²) in [5.74, 6) is 0.246. The molecule has 0 amide bonds. The Morgan fingerprint density at radius 1 is 1.15 bits per heavy atom. The average molecular weight is 285 g/mol. The second-order valence-electron chi connectivity index (χ2n) is 4.55. The van der Waals surface area contributed by atoms with Crippen molar-refractivity contribution >= 4 is 5.69 Å². The largest absolute Gasteiger partial charge is 0.462 e. The van der Waals surface area contributed by atoms with Crippen LogP contribution < -0.4 is 4.74 Å². The lowest BCUT2D eigenvalue weighted by Crippen LogP contribution is -2.58. The molecule has 0 bridgehead atoms. The summed E-state index contributed by atoms with van der Waals surface area (Å²) >= 11 is 0. The summed E-state index contributed by atoms with van der Waals surface area (Å²) in [5.41, 5.74) is -0.0914. The molecule has 1 heterocycles. The number of ether oxygens (including phenoxy) is 2. The molecule has 1 saturated heterocycles. The van der Waals surface area contributed by atoms with Crippen molar-refractivity contribution in [3.63, 3.8) is 0 Å². The number of nitro groups is 1. The molecule has 0 radical (unpaired) electrons. The van der Waals surface area contributed by atoms with Crippen molar-refractivity contribution in [2.24, 2.45) is 0 Å². The number of aliphatic hydroxyl groups is 3. The Morgan fingerprint density at radius 3 is 2.30 bits per heavy atom. The summed E-state index contributed by atoms with van der Waals surface area (Å²) in [5, 5.41) is 39.4. The highest BCUT2D eigenvalue weighted by molar-refractivity contribution is 5.36. The molecule has 2 rings (SSSR count). The van der Waals surface area contributed by atoms with E-state index in [1.165, 1.54) is 31.2 Å². The van der Waals surface area contributed by atoms with Crippen molar-refractivity contribution in [1.29, 1.82) is 0 Å². The molecule has 1 aromatic carbocycles. The third kappa shape index (κ3) is 2.88. The van der Waals surface area contributed by atoms with E-state index in [-0.39, 0.29) is 11.4 Å². The maximum absolute atomic E-state index is 10.5. The van der Waals surface area contributed by atoms with Gasteiger partial charge in [0, 0.05) is 12.1 Å². The molecule has 0 aliphatic carbocycles. The van der Waals surface area contributed by atoms with E-state index in [0.29, 0.717) is 0 Å². The standard InChI is InChI=1S/C12H15NO7/c1-6-9(14)10(15)11(16)12(19-6)20-8-4-2-7(3-5-8)13(17)18/h2-6,9-12,14-16H,1H3/t6-,9-,10+,11-,12+/m1/s1. The normalized spacial score (nSPS) is 33.7. The summed E-state index contributed by atoms with van der Waals surface area (Å²) in [6.45, 7) is 1.53. The van der Waals surface area contributed by atoms with Crippen molar-refractivity contribution in [3.8, 4) is 5.75 Å². The molecule has 0 saturated carbocycles. The zero-order chi connectivity index (χ0) is 14.9. The van der Waals surface area contributed by atoms with Gasteiger partial charge in [0.25, 0.3) is 5.69 Å². The highest BCUT2D eigenvalue weighted by atomic mass is 16.7. The Labute approximate surface area is 114 Å². The third-order valence-corrected chi connectivity index (χ3v) is 3.11. The molecular weight excluding hydrogens is 270 g/mol. The van der Waals surface area contributed by atoms with E-state index in [2.05, 4.69) is 0 Å². The van der Waals surface area contributed by atoms with Crippen molar-refractivity contribution in [3.05, 3.63) is 34.4 Å². The fourth-order valence-corrected chi connectivity index (χ4v) is 1.89. The number of nitrogens with zero attached hydrogens (tertiary/aromatic N) is 1. The number of nitro benzene ring substituents is 1. The van der Waals surface area contributed by atoms with E-state index in [1.807, 2.05) is 0 Å². The van der Waals surface area contributed by atoms with Crippen LogP contribution in [0.1, 0.15) is 6.92 Å². The summed E-state index contributed by atoms with van der Waals surface area (Å²) in [7, 11) is 0. The van der Waals surface area contributed by atoms with Gasteiger partial charge in [-0.2, -0.15) is 0 Å². The molecule has 3 N–H and O–H groups in total. The van der Waals surface area contributed by atoms with Gasteiger partial charge in [-0.15, -0.1) is 0 Å². The first-order valence-corrected chi connectivity index (χ1v) is 6.01. The summed E-state index contributed by atoms with van der Waals surface area (Å²) < 4.78 is 10.6. The zero-order valence-corrected chi connectivity index (χ0v) is 10.6. The Morgan fingerprint density at radius 2 is 1.75 bits per heavy atom. The van der Waals surface area contributed by atoms with Gasteiger partial charge in [0.05, 0.1) is 11.0 Å². The fraction of sp³-hybridized carbons (Fsp3) is 0.500. The number of aliphatic hydroxyl groups excluding tert-OH is 3. The Bertz CT molecular complexity index is 477. The smallest absolute Gasteiger partial charge is 0.269 e. The molecule has 0 unspecified atom stereocenters. The quantitative estimate of drug-likeness (QED) is 0.519. The minimum atomic E-state index is -1.42. The van der Waals surface area contributed by atoms with Crippen LogP contribution in [0.15, 0.2) is 24.3 Å². The molecule has 8 nitrogen and oxygen atoms in total. The Hall–Kier alpha value is -1.74. The van der Waals surface area contributed by atoms with Crippen molar-refractivity contribution in [2.45, 2.75) is 37.6 Å². The van der Waals surface area contributed by atoms with Crippen LogP contribution in [0.3, 0.4) is 0 Å². The van der Waals surface area contributed by atoms with Gasteiger partial charge in [0.15, 0.2) is 0 Å². The molecule has 5 atom stereocenters. The number of hydrogen-bond acceptors (Lipinski definition) is 7. The van der Waals surface area contributed by atoms with Crippen molar-refractivity contribution in [1.82, 2.24) is 0 Å². The highest BCUT2D eigenvalue weighted by Gasteiger charge is 2.43. The van der Waals surface area contributed by atoms with Gasteiger partial charge in [0.1, 0.15) is 24.1 Å². The van der Waals surface area contributed by atoms with Crippen molar-refractivity contribution in [2.75, 3.05) is 0 Å². The van der Waals surface area contributed by atoms with E-state index in [0.717, 1.165) is 0 Å². The number of hydrogen-bond donors (Lipinski definition) is 3. The molecule has 0 aromatic heterocycles. The fourth-order valence-electron chi connectivity index (χ4n) is 1.89. The maximum Gasteiger partial charge on any atom is 0.269 e. The summed E-state index contributed by atoms with van der Waals surface area (Å²) in [4.78, 5) is 9.97. The van der Waals surface area contributed by atoms with E-state index in [4.69, 9.17) is 9.47 Å². The first kappa shape index (κ1) is 14.7. The molecular formula is C12H15NO7. The molecule has 0 spiro atoms. The Kier molecular flexibility index (Phi) is 4.19. The first-order valence-electron chi connectivity index (χ1n) is 6.01. The maximum atomic E-state index is 10.5. The van der Waals surface area contributed by atoms with E-state index >= 15 is 0 Å². The summed E-state index contributed by atoms with van der Waals surface area (Å²) in [6.07, 6.45) is -5.89. The lowest BCUT2D eigenvalue weighted by Gasteiger charge is -2.38. The van der Waals surface area contributed by atoms with Crippen LogP contribution >= 0.6 is 0 Å². The van der Waals surface area contributed by atoms with Gasteiger partial charge in [-0.1, -0.05) is 0 Å². The summed E-state index contributed by atoms with van der Waals surface area (Å²) in [6, 6.07) is 5.21. The zero-order valence-electron chi connectivity index (χ0n) is 10.6. The van der Waals surface area contributed by atoms with Gasteiger partial charge in [-0.3, -0.25) is 10.1 Å². The van der Waals surface area contributed by atoms with Crippen LogP contribution in [0.5, 0.6) is 5.75 Å². The number of rotatable bonds is 3. The highest BCUT2D eigenvalue weighted by Crippen LogP contribution is 2.25. The van der Waals surface area contributed by atoms with Crippen LogP contribution in [-0.4, -0.2) is 50.9 Å². The third-order valence-electron chi connectivity index (χ3n) is 3.11. The van der Waals surface area contributed by atoms with Gasteiger partial charge in [-0.05, 0) is 19.1 Å². The van der Waals surface area contributed by atoms with Crippen LogP contribution in [0.2, 0.25) is 0 Å². The van der Waals surface area contributed by atoms with Gasteiger partial charge >= 0.3 is 0 Å². The van der Waals surface area contributed by atoms with E-state index in [9.17, 15) is 25.4 Å². The average Bonchev–Trinajstić information content (AvgIpc) is 2.43.